The number of nitrogens with zero attached hydrogens (tertiary/aromatic N) is 3. The molecule has 1 amide bonds. The highest BCUT2D eigenvalue weighted by molar-refractivity contribution is 5.81. The Hall–Kier alpha value is -3.16. The lowest BCUT2D eigenvalue weighted by atomic mass is 9.86. The summed E-state index contributed by atoms with van der Waals surface area (Å²) < 4.78 is 7.12. The fourth-order valence-electron chi connectivity index (χ4n) is 4.02. The molecule has 2 aromatic heterocycles. The van der Waals surface area contributed by atoms with Gasteiger partial charge in [0.2, 0.25) is 6.41 Å². The molecule has 8 nitrogen and oxygen atoms in total. The second kappa shape index (κ2) is 7.46. The van der Waals surface area contributed by atoms with E-state index in [-0.39, 0.29) is 5.56 Å². The molecule has 0 bridgehead atoms. The monoisotopic (exact) mass is 381 g/mol. The van der Waals surface area contributed by atoms with Crippen LogP contribution in [0.2, 0.25) is 0 Å². The van der Waals surface area contributed by atoms with Crippen molar-refractivity contribution in [1.29, 1.82) is 0 Å². The van der Waals surface area contributed by atoms with Crippen molar-refractivity contribution in [2.75, 3.05) is 12.4 Å². The zero-order chi connectivity index (χ0) is 19.7. The molecule has 0 spiro atoms. The molecule has 0 atom stereocenters. The van der Waals surface area contributed by atoms with Crippen LogP contribution in [-0.2, 0) is 11.8 Å². The molecule has 1 saturated carbocycles. The maximum absolute atomic E-state index is 13.0. The first-order valence-corrected chi connectivity index (χ1v) is 9.48. The predicted molar refractivity (Wildman–Crippen MR) is 107 cm³/mol. The fourth-order valence-corrected chi connectivity index (χ4v) is 4.02. The summed E-state index contributed by atoms with van der Waals surface area (Å²) in [5, 5.41) is 7.81. The van der Waals surface area contributed by atoms with Crippen molar-refractivity contribution in [2.45, 2.75) is 38.0 Å². The number of nitrogens with one attached hydrogen (secondary N) is 2. The molecule has 1 aliphatic carbocycles. The number of ether oxygens (including phenoxy) is 1. The van der Waals surface area contributed by atoms with Gasteiger partial charge < -0.3 is 15.0 Å². The fraction of sp³-hybridized carbons (Fsp3) is 0.400. The molecule has 2 heterocycles. The van der Waals surface area contributed by atoms with Crippen LogP contribution in [0.5, 0.6) is 5.75 Å². The molecule has 146 valence electrons. The number of amides is 1. The summed E-state index contributed by atoms with van der Waals surface area (Å²) in [5.41, 5.74) is 2.47. The van der Waals surface area contributed by atoms with Gasteiger partial charge in [-0.2, -0.15) is 5.10 Å². The molecule has 1 aromatic carbocycles. The van der Waals surface area contributed by atoms with Gasteiger partial charge >= 0.3 is 0 Å². The van der Waals surface area contributed by atoms with Crippen molar-refractivity contribution in [2.24, 2.45) is 7.05 Å². The van der Waals surface area contributed by atoms with Gasteiger partial charge in [0.25, 0.3) is 5.56 Å². The highest BCUT2D eigenvalue weighted by Gasteiger charge is 2.25. The summed E-state index contributed by atoms with van der Waals surface area (Å²) in [6.45, 7) is 0. The number of carbonyl (C=O) groups is 1. The third-order valence-electron chi connectivity index (χ3n) is 5.39. The summed E-state index contributed by atoms with van der Waals surface area (Å²) >= 11 is 0. The maximum Gasteiger partial charge on any atom is 0.262 e. The summed E-state index contributed by atoms with van der Waals surface area (Å²) in [6, 6.07) is 5.17. The van der Waals surface area contributed by atoms with Crippen LogP contribution in [0.25, 0.3) is 22.4 Å². The second-order valence-corrected chi connectivity index (χ2v) is 7.13. The average molecular weight is 381 g/mol. The number of fused-ring (bicyclic) bond motifs is 1. The molecule has 1 fully saturated rings. The first-order chi connectivity index (χ1) is 13.6. The van der Waals surface area contributed by atoms with E-state index in [9.17, 15) is 9.59 Å². The Bertz CT molecular complexity index is 1080. The summed E-state index contributed by atoms with van der Waals surface area (Å²) in [4.78, 5) is 31.2. The smallest absolute Gasteiger partial charge is 0.262 e. The molecule has 0 unspecified atom stereocenters. The van der Waals surface area contributed by atoms with Crippen LogP contribution in [0.4, 0.5) is 5.69 Å². The Morgan fingerprint density at radius 1 is 1.29 bits per heavy atom. The minimum Gasteiger partial charge on any atom is -0.496 e. The molecule has 8 heteroatoms. The standard InChI is InChI=1S/C20H23N5O3/c1-25-19-16(17(24-25)12-6-4-3-5-7-12)20(27)23-18(22-19)14-9-8-13(21-11-26)10-15(14)28-2/h8-12H,3-7H2,1-2H3,(H,21,26)(H,22,23,27). The SMILES string of the molecule is COc1cc(NC=O)ccc1-c1nc2c(c(C3CCCCC3)nn2C)c(=O)[nH]1. The number of rotatable bonds is 5. The topological polar surface area (TPSA) is 102 Å². The molecule has 4 rings (SSSR count). The van der Waals surface area contributed by atoms with Gasteiger partial charge in [0.1, 0.15) is 17.0 Å². The van der Waals surface area contributed by atoms with E-state index in [2.05, 4.69) is 20.4 Å². The number of methoxy groups -OCH3 is 1. The first kappa shape index (κ1) is 18.2. The molecule has 28 heavy (non-hydrogen) atoms. The number of aromatic amines is 1. The van der Waals surface area contributed by atoms with E-state index in [1.54, 1.807) is 22.9 Å². The lowest BCUT2D eigenvalue weighted by Crippen LogP contribution is -2.13. The van der Waals surface area contributed by atoms with E-state index >= 15 is 0 Å². The van der Waals surface area contributed by atoms with Crippen LogP contribution in [0, 0.1) is 0 Å². The Morgan fingerprint density at radius 3 is 2.79 bits per heavy atom. The molecule has 0 saturated heterocycles. The molecular weight excluding hydrogens is 358 g/mol. The zero-order valence-corrected chi connectivity index (χ0v) is 16.0. The number of benzene rings is 1. The number of carbonyl (C=O) groups excluding carboxylic acids is 1. The van der Waals surface area contributed by atoms with Gasteiger partial charge in [-0.25, -0.2) is 9.67 Å². The highest BCUT2D eigenvalue weighted by Crippen LogP contribution is 2.35. The van der Waals surface area contributed by atoms with Crippen molar-refractivity contribution in [1.82, 2.24) is 19.7 Å². The quantitative estimate of drug-likeness (QED) is 0.662. The normalized spacial score (nSPS) is 14.9. The molecule has 2 N–H and O–H groups in total. The highest BCUT2D eigenvalue weighted by atomic mass is 16.5. The number of hydrogen-bond donors (Lipinski definition) is 2. The number of aromatic nitrogens is 4. The third-order valence-corrected chi connectivity index (χ3v) is 5.39. The minimum atomic E-state index is -0.189. The Labute approximate surface area is 161 Å². The van der Waals surface area contributed by atoms with E-state index < -0.39 is 0 Å². The summed E-state index contributed by atoms with van der Waals surface area (Å²) in [7, 11) is 3.35. The van der Waals surface area contributed by atoms with Crippen LogP contribution in [-0.4, -0.2) is 33.3 Å². The number of aryl methyl sites for hydroxylation is 1. The minimum absolute atomic E-state index is 0.189. The Kier molecular flexibility index (Phi) is 4.85. The van der Waals surface area contributed by atoms with Gasteiger partial charge in [-0.15, -0.1) is 0 Å². The van der Waals surface area contributed by atoms with E-state index in [4.69, 9.17) is 4.74 Å². The van der Waals surface area contributed by atoms with Gasteiger partial charge in [0.15, 0.2) is 5.65 Å². The van der Waals surface area contributed by atoms with E-state index in [0.717, 1.165) is 18.5 Å². The van der Waals surface area contributed by atoms with Crippen molar-refractivity contribution < 1.29 is 9.53 Å². The lowest BCUT2D eigenvalue weighted by Gasteiger charge is -2.19. The van der Waals surface area contributed by atoms with Gasteiger partial charge in [-0.1, -0.05) is 19.3 Å². The van der Waals surface area contributed by atoms with Gasteiger partial charge in [-0.3, -0.25) is 9.59 Å². The van der Waals surface area contributed by atoms with Crippen LogP contribution < -0.4 is 15.6 Å². The predicted octanol–water partition coefficient (Wildman–Crippen LogP) is 2.95. The van der Waals surface area contributed by atoms with Crippen LogP contribution >= 0.6 is 0 Å². The average Bonchev–Trinajstić information content (AvgIpc) is 3.06. The van der Waals surface area contributed by atoms with Crippen molar-refractivity contribution >= 4 is 23.1 Å². The van der Waals surface area contributed by atoms with Gasteiger partial charge in [0, 0.05) is 24.7 Å². The maximum atomic E-state index is 13.0. The number of hydrogen-bond acceptors (Lipinski definition) is 5. The van der Waals surface area contributed by atoms with Crippen LogP contribution in [0.3, 0.4) is 0 Å². The van der Waals surface area contributed by atoms with Gasteiger partial charge in [0.05, 0.1) is 18.4 Å². The molecular formula is C20H23N5O3. The lowest BCUT2D eigenvalue weighted by molar-refractivity contribution is -0.105. The zero-order valence-electron chi connectivity index (χ0n) is 16.0. The largest absolute Gasteiger partial charge is 0.496 e. The van der Waals surface area contributed by atoms with Crippen molar-refractivity contribution in [3.8, 4) is 17.1 Å². The van der Waals surface area contributed by atoms with Crippen molar-refractivity contribution in [3.63, 3.8) is 0 Å². The van der Waals surface area contributed by atoms with Crippen LogP contribution in [0.1, 0.15) is 43.7 Å². The second-order valence-electron chi connectivity index (χ2n) is 7.13. The molecule has 1 aliphatic rings. The molecule has 3 aromatic rings. The number of H-pyrrole nitrogens is 1. The van der Waals surface area contributed by atoms with E-state index in [0.29, 0.717) is 46.2 Å². The van der Waals surface area contributed by atoms with Crippen LogP contribution in [0.15, 0.2) is 23.0 Å². The van der Waals surface area contributed by atoms with Crippen molar-refractivity contribution in [3.05, 3.63) is 34.2 Å². The Morgan fingerprint density at radius 2 is 2.07 bits per heavy atom. The third kappa shape index (κ3) is 3.15. The molecule has 0 aliphatic heterocycles. The summed E-state index contributed by atoms with van der Waals surface area (Å²) in [5.74, 6) is 1.23. The van der Waals surface area contributed by atoms with Gasteiger partial charge in [-0.05, 0) is 25.0 Å². The molecule has 0 radical (unpaired) electrons. The number of anilines is 1. The van der Waals surface area contributed by atoms with E-state index in [1.807, 2.05) is 7.05 Å². The van der Waals surface area contributed by atoms with E-state index in [1.165, 1.54) is 26.4 Å². The first-order valence-electron chi connectivity index (χ1n) is 9.48. The summed E-state index contributed by atoms with van der Waals surface area (Å²) in [6.07, 6.45) is 6.31. The Balaban J connectivity index is 1.83.